The van der Waals surface area contributed by atoms with Crippen molar-refractivity contribution in [1.82, 2.24) is 0 Å². The number of hydrogen-bond acceptors (Lipinski definition) is 2. The van der Waals surface area contributed by atoms with Gasteiger partial charge in [0.05, 0.1) is 5.41 Å². The van der Waals surface area contributed by atoms with Crippen LogP contribution in [0.25, 0.3) is 0 Å². The molecule has 0 amide bonds. The highest BCUT2D eigenvalue weighted by atomic mass is 16.5. The molecule has 0 N–H and O–H groups in total. The molecule has 2 aliphatic rings. The van der Waals surface area contributed by atoms with E-state index in [9.17, 15) is 4.79 Å². The Balaban J connectivity index is 2.35. The van der Waals surface area contributed by atoms with Crippen molar-refractivity contribution >= 4 is 5.97 Å². The van der Waals surface area contributed by atoms with Crippen LogP contribution >= 0.6 is 0 Å². The highest BCUT2D eigenvalue weighted by Crippen LogP contribution is 2.70. The van der Waals surface area contributed by atoms with Crippen LogP contribution in [-0.4, -0.2) is 12.6 Å². The first-order valence-electron chi connectivity index (χ1n) is 4.02. The maximum atomic E-state index is 11.3. The number of rotatable bonds is 2. The first-order valence-corrected chi connectivity index (χ1v) is 4.02. The zero-order chi connectivity index (χ0) is 8.11. The lowest BCUT2D eigenvalue weighted by atomic mass is 9.93. The van der Waals surface area contributed by atoms with Crippen molar-refractivity contribution in [3.63, 3.8) is 0 Å². The molecule has 2 heteroatoms. The third kappa shape index (κ3) is 0.525. The van der Waals surface area contributed by atoms with Crippen LogP contribution in [0.5, 0.6) is 0 Å². The fourth-order valence-corrected chi connectivity index (χ4v) is 2.24. The molecule has 1 aliphatic carbocycles. The summed E-state index contributed by atoms with van der Waals surface area (Å²) in [4.78, 5) is 11.3. The first kappa shape index (κ1) is 6.89. The minimum atomic E-state index is -0.172. The minimum Gasteiger partial charge on any atom is -0.464 e. The monoisotopic (exact) mass is 152 g/mol. The molecule has 2 fully saturated rings. The number of hydrogen-bond donors (Lipinski definition) is 0. The second-order valence-corrected chi connectivity index (χ2v) is 3.55. The van der Waals surface area contributed by atoms with E-state index in [0.717, 1.165) is 12.8 Å². The Morgan fingerprint density at radius 3 is 2.91 bits per heavy atom. The van der Waals surface area contributed by atoms with Gasteiger partial charge in [-0.05, 0) is 12.8 Å². The van der Waals surface area contributed by atoms with Gasteiger partial charge in [0.2, 0.25) is 0 Å². The number of fused-ring (bicyclic) bond motifs is 1. The number of esters is 1. The van der Waals surface area contributed by atoms with Crippen LogP contribution in [0.1, 0.15) is 19.8 Å². The normalized spacial score (nSPS) is 46.5. The summed E-state index contributed by atoms with van der Waals surface area (Å²) in [7, 11) is 0. The van der Waals surface area contributed by atoms with Crippen LogP contribution in [0.4, 0.5) is 0 Å². The van der Waals surface area contributed by atoms with Crippen LogP contribution in [-0.2, 0) is 9.53 Å². The molecule has 2 unspecified atom stereocenters. The second-order valence-electron chi connectivity index (χ2n) is 3.55. The van der Waals surface area contributed by atoms with Crippen molar-refractivity contribution in [2.24, 2.45) is 10.8 Å². The summed E-state index contributed by atoms with van der Waals surface area (Å²) in [5.74, 6) is -0.0140. The number of carbonyl (C=O) groups is 1. The molecule has 1 aliphatic heterocycles. The van der Waals surface area contributed by atoms with Gasteiger partial charge in [-0.15, -0.1) is 6.58 Å². The molecule has 0 aromatic rings. The molecule has 1 saturated heterocycles. The summed E-state index contributed by atoms with van der Waals surface area (Å²) >= 11 is 0. The van der Waals surface area contributed by atoms with Gasteiger partial charge < -0.3 is 4.74 Å². The SMILES string of the molecule is C=CC12COC(=O)C1(CC)C2. The Bertz CT molecular complexity index is 234. The molecular formula is C9H12O2. The van der Waals surface area contributed by atoms with Crippen LogP contribution in [0, 0.1) is 10.8 Å². The molecule has 1 heterocycles. The zero-order valence-electron chi connectivity index (χ0n) is 6.72. The van der Waals surface area contributed by atoms with Gasteiger partial charge in [-0.1, -0.05) is 13.0 Å². The lowest BCUT2D eigenvalue weighted by Gasteiger charge is -2.04. The van der Waals surface area contributed by atoms with E-state index in [-0.39, 0.29) is 16.8 Å². The Morgan fingerprint density at radius 1 is 1.82 bits per heavy atom. The summed E-state index contributed by atoms with van der Waals surface area (Å²) < 4.78 is 4.99. The lowest BCUT2D eigenvalue weighted by molar-refractivity contribution is -0.144. The van der Waals surface area contributed by atoms with Crippen LogP contribution < -0.4 is 0 Å². The van der Waals surface area contributed by atoms with Crippen LogP contribution in [0.2, 0.25) is 0 Å². The van der Waals surface area contributed by atoms with E-state index in [1.165, 1.54) is 0 Å². The Labute approximate surface area is 66.2 Å². The van der Waals surface area contributed by atoms with Crippen molar-refractivity contribution < 1.29 is 9.53 Å². The second kappa shape index (κ2) is 1.68. The Hall–Kier alpha value is -0.790. The smallest absolute Gasteiger partial charge is 0.313 e. The minimum absolute atomic E-state index is 0.0127. The molecule has 0 bridgehead atoms. The van der Waals surface area contributed by atoms with Crippen molar-refractivity contribution in [3.8, 4) is 0 Å². The molecule has 0 aromatic carbocycles. The maximum absolute atomic E-state index is 11.3. The van der Waals surface area contributed by atoms with Crippen molar-refractivity contribution in [1.29, 1.82) is 0 Å². The third-order valence-corrected chi connectivity index (χ3v) is 3.29. The fourth-order valence-electron chi connectivity index (χ4n) is 2.24. The summed E-state index contributed by atoms with van der Waals surface area (Å²) in [5, 5.41) is 0. The topological polar surface area (TPSA) is 26.3 Å². The molecule has 0 spiro atoms. The van der Waals surface area contributed by atoms with Gasteiger partial charge in [0, 0.05) is 5.41 Å². The maximum Gasteiger partial charge on any atom is 0.313 e. The molecule has 60 valence electrons. The molecule has 0 aromatic heterocycles. The van der Waals surface area contributed by atoms with Gasteiger partial charge in [-0.2, -0.15) is 0 Å². The van der Waals surface area contributed by atoms with E-state index < -0.39 is 0 Å². The summed E-state index contributed by atoms with van der Waals surface area (Å²) in [6.07, 6.45) is 3.73. The highest BCUT2D eigenvalue weighted by Gasteiger charge is 2.74. The van der Waals surface area contributed by atoms with Crippen LogP contribution in [0.3, 0.4) is 0 Å². The largest absolute Gasteiger partial charge is 0.464 e. The average molecular weight is 152 g/mol. The number of cyclic esters (lactones) is 1. The quantitative estimate of drug-likeness (QED) is 0.443. The van der Waals surface area contributed by atoms with Gasteiger partial charge in [0.1, 0.15) is 6.61 Å². The molecule has 2 nitrogen and oxygen atoms in total. The lowest BCUT2D eigenvalue weighted by Crippen LogP contribution is -2.13. The molecule has 1 saturated carbocycles. The number of ether oxygens (including phenoxy) is 1. The van der Waals surface area contributed by atoms with Gasteiger partial charge in [-0.25, -0.2) is 0 Å². The van der Waals surface area contributed by atoms with Gasteiger partial charge in [0.15, 0.2) is 0 Å². The van der Waals surface area contributed by atoms with E-state index in [1.54, 1.807) is 0 Å². The summed E-state index contributed by atoms with van der Waals surface area (Å²) in [6.45, 7) is 6.35. The summed E-state index contributed by atoms with van der Waals surface area (Å²) in [6, 6.07) is 0. The van der Waals surface area contributed by atoms with Gasteiger partial charge in [-0.3, -0.25) is 4.79 Å². The molecule has 11 heavy (non-hydrogen) atoms. The van der Waals surface area contributed by atoms with E-state index in [2.05, 4.69) is 6.58 Å². The standard InChI is InChI=1S/C9H12O2/c1-3-8-5-9(8,4-2)7(10)11-6-8/h3H,1,4-6H2,2H3. The Morgan fingerprint density at radius 2 is 2.55 bits per heavy atom. The van der Waals surface area contributed by atoms with E-state index >= 15 is 0 Å². The van der Waals surface area contributed by atoms with E-state index in [0.29, 0.717) is 6.61 Å². The molecule has 2 atom stereocenters. The van der Waals surface area contributed by atoms with Gasteiger partial charge >= 0.3 is 5.97 Å². The number of carbonyl (C=O) groups excluding carboxylic acids is 1. The van der Waals surface area contributed by atoms with E-state index in [4.69, 9.17) is 4.74 Å². The molecular weight excluding hydrogens is 140 g/mol. The fraction of sp³-hybridized carbons (Fsp3) is 0.667. The molecule has 2 rings (SSSR count). The zero-order valence-corrected chi connectivity index (χ0v) is 6.72. The van der Waals surface area contributed by atoms with Crippen molar-refractivity contribution in [3.05, 3.63) is 12.7 Å². The van der Waals surface area contributed by atoms with E-state index in [1.807, 2.05) is 13.0 Å². The van der Waals surface area contributed by atoms with Gasteiger partial charge in [0.25, 0.3) is 0 Å². The van der Waals surface area contributed by atoms with Crippen molar-refractivity contribution in [2.75, 3.05) is 6.61 Å². The highest BCUT2D eigenvalue weighted by molar-refractivity contribution is 5.85. The Kier molecular flexibility index (Phi) is 1.05. The van der Waals surface area contributed by atoms with Crippen molar-refractivity contribution in [2.45, 2.75) is 19.8 Å². The predicted octanol–water partition coefficient (Wildman–Crippen LogP) is 1.52. The molecule has 0 radical (unpaired) electrons. The average Bonchev–Trinajstić information content (AvgIpc) is 2.64. The summed E-state index contributed by atoms with van der Waals surface area (Å²) in [5.41, 5.74) is -0.159. The third-order valence-electron chi connectivity index (χ3n) is 3.29. The first-order chi connectivity index (χ1) is 5.21. The van der Waals surface area contributed by atoms with Crippen LogP contribution in [0.15, 0.2) is 12.7 Å². The predicted molar refractivity (Wildman–Crippen MR) is 40.9 cm³/mol.